The summed E-state index contributed by atoms with van der Waals surface area (Å²) in [6, 6.07) is 14.6. The van der Waals surface area contributed by atoms with Crippen LogP contribution in [0.3, 0.4) is 0 Å². The molecule has 3 rings (SSSR count). The lowest BCUT2D eigenvalue weighted by Crippen LogP contribution is -2.54. The van der Waals surface area contributed by atoms with Crippen LogP contribution < -0.4 is 20.5 Å². The van der Waals surface area contributed by atoms with E-state index < -0.39 is 5.54 Å². The molecule has 1 heterocycles. The molecule has 1 amide bonds. The van der Waals surface area contributed by atoms with Gasteiger partial charge in [-0.05, 0) is 68.3 Å². The molecule has 2 aromatic carbocycles. The second-order valence-corrected chi connectivity index (χ2v) is 6.25. The zero-order valence-corrected chi connectivity index (χ0v) is 14.9. The van der Waals surface area contributed by atoms with E-state index >= 15 is 0 Å². The topological polar surface area (TPSA) is 82.8 Å². The summed E-state index contributed by atoms with van der Waals surface area (Å²) < 4.78 is 16.5. The molecule has 0 radical (unpaired) electrons. The van der Waals surface area contributed by atoms with Gasteiger partial charge in [-0.1, -0.05) is 0 Å². The van der Waals surface area contributed by atoms with Crippen molar-refractivity contribution in [2.24, 2.45) is 5.73 Å². The highest BCUT2D eigenvalue weighted by molar-refractivity contribution is 5.98. The first-order valence-corrected chi connectivity index (χ1v) is 8.78. The van der Waals surface area contributed by atoms with Gasteiger partial charge in [-0.15, -0.1) is 0 Å². The van der Waals surface area contributed by atoms with Crippen LogP contribution in [0.2, 0.25) is 0 Å². The third kappa shape index (κ3) is 4.53. The Morgan fingerprint density at radius 1 is 1.04 bits per heavy atom. The Kier molecular flexibility index (Phi) is 5.75. The molecule has 6 heteroatoms. The number of carbonyl (C=O) groups is 1. The molecule has 0 spiro atoms. The van der Waals surface area contributed by atoms with E-state index in [0.29, 0.717) is 49.8 Å². The lowest BCUT2D eigenvalue weighted by molar-refractivity contribution is -0.124. The Balaban J connectivity index is 1.58. The highest BCUT2D eigenvalue weighted by atomic mass is 16.5. The monoisotopic (exact) mass is 356 g/mol. The first-order chi connectivity index (χ1) is 12.6. The molecule has 1 aliphatic rings. The zero-order valence-electron chi connectivity index (χ0n) is 14.9. The molecule has 26 heavy (non-hydrogen) atoms. The molecule has 0 unspecified atom stereocenters. The van der Waals surface area contributed by atoms with E-state index in [1.807, 2.05) is 31.2 Å². The van der Waals surface area contributed by atoms with Gasteiger partial charge in [-0.25, -0.2) is 0 Å². The van der Waals surface area contributed by atoms with Crippen LogP contribution in [0.4, 0.5) is 5.69 Å². The largest absolute Gasteiger partial charge is 0.494 e. The number of amides is 1. The summed E-state index contributed by atoms with van der Waals surface area (Å²) in [6.45, 7) is 3.60. The van der Waals surface area contributed by atoms with Crippen LogP contribution in [0.15, 0.2) is 48.5 Å². The predicted molar refractivity (Wildman–Crippen MR) is 99.7 cm³/mol. The Bertz CT molecular complexity index is 722. The van der Waals surface area contributed by atoms with Crippen LogP contribution in [-0.4, -0.2) is 31.3 Å². The van der Waals surface area contributed by atoms with Crippen LogP contribution in [0.5, 0.6) is 17.2 Å². The maximum Gasteiger partial charge on any atom is 0.244 e. The number of anilines is 1. The minimum Gasteiger partial charge on any atom is -0.494 e. The molecule has 0 aromatic heterocycles. The van der Waals surface area contributed by atoms with Gasteiger partial charge in [0.25, 0.3) is 0 Å². The summed E-state index contributed by atoms with van der Waals surface area (Å²) in [5, 5.41) is 2.87. The van der Waals surface area contributed by atoms with Crippen molar-refractivity contribution >= 4 is 11.6 Å². The van der Waals surface area contributed by atoms with Crippen molar-refractivity contribution in [3.63, 3.8) is 0 Å². The summed E-state index contributed by atoms with van der Waals surface area (Å²) in [5.41, 5.74) is 6.01. The van der Waals surface area contributed by atoms with Gasteiger partial charge < -0.3 is 25.3 Å². The molecule has 3 N–H and O–H groups in total. The van der Waals surface area contributed by atoms with Gasteiger partial charge in [0.05, 0.1) is 6.61 Å². The van der Waals surface area contributed by atoms with Crippen molar-refractivity contribution in [1.82, 2.24) is 0 Å². The van der Waals surface area contributed by atoms with Crippen LogP contribution in [0.1, 0.15) is 19.8 Å². The molecular formula is C20H24N2O4. The predicted octanol–water partition coefficient (Wildman–Crippen LogP) is 3.32. The molecule has 1 fully saturated rings. The van der Waals surface area contributed by atoms with Crippen LogP contribution in [0.25, 0.3) is 0 Å². The van der Waals surface area contributed by atoms with E-state index in [-0.39, 0.29) is 5.91 Å². The number of benzene rings is 2. The highest BCUT2D eigenvalue weighted by Crippen LogP contribution is 2.26. The van der Waals surface area contributed by atoms with Gasteiger partial charge in [-0.3, -0.25) is 4.79 Å². The standard InChI is InChI=1S/C20H24N2O4/c1-2-25-16-7-9-18(10-8-16)26-17-5-3-15(4-6-17)22-19(23)20(21)11-13-24-14-12-20/h3-10H,2,11-14,21H2,1H3,(H,22,23). The number of hydrogen-bond acceptors (Lipinski definition) is 5. The number of hydrogen-bond donors (Lipinski definition) is 2. The van der Waals surface area contributed by atoms with Crippen molar-refractivity contribution in [2.75, 3.05) is 25.1 Å². The number of ether oxygens (including phenoxy) is 3. The Hall–Kier alpha value is -2.57. The molecule has 0 bridgehead atoms. The Morgan fingerprint density at radius 3 is 2.15 bits per heavy atom. The normalized spacial score (nSPS) is 15.9. The van der Waals surface area contributed by atoms with E-state index in [1.165, 1.54) is 0 Å². The van der Waals surface area contributed by atoms with Gasteiger partial charge in [0.2, 0.25) is 5.91 Å². The molecule has 0 aliphatic carbocycles. The lowest BCUT2D eigenvalue weighted by Gasteiger charge is -2.31. The summed E-state index contributed by atoms with van der Waals surface area (Å²) in [4.78, 5) is 12.4. The van der Waals surface area contributed by atoms with Crippen molar-refractivity contribution in [3.8, 4) is 17.2 Å². The van der Waals surface area contributed by atoms with Gasteiger partial charge >= 0.3 is 0 Å². The fourth-order valence-corrected chi connectivity index (χ4v) is 2.73. The number of carbonyl (C=O) groups excluding carboxylic acids is 1. The van der Waals surface area contributed by atoms with E-state index in [0.717, 1.165) is 5.75 Å². The van der Waals surface area contributed by atoms with E-state index in [9.17, 15) is 4.79 Å². The fourth-order valence-electron chi connectivity index (χ4n) is 2.73. The van der Waals surface area contributed by atoms with E-state index in [1.54, 1.807) is 24.3 Å². The molecule has 2 aromatic rings. The number of nitrogens with one attached hydrogen (secondary N) is 1. The molecule has 1 saturated heterocycles. The second kappa shape index (κ2) is 8.21. The first-order valence-electron chi connectivity index (χ1n) is 8.78. The fraction of sp³-hybridized carbons (Fsp3) is 0.350. The molecule has 138 valence electrons. The first kappa shape index (κ1) is 18.2. The van der Waals surface area contributed by atoms with Crippen molar-refractivity contribution in [3.05, 3.63) is 48.5 Å². The Labute approximate surface area is 153 Å². The zero-order chi connectivity index (χ0) is 18.4. The molecule has 0 atom stereocenters. The van der Waals surface area contributed by atoms with Crippen molar-refractivity contribution in [2.45, 2.75) is 25.3 Å². The molecule has 6 nitrogen and oxygen atoms in total. The SMILES string of the molecule is CCOc1ccc(Oc2ccc(NC(=O)C3(N)CCOCC3)cc2)cc1. The van der Waals surface area contributed by atoms with Crippen molar-refractivity contribution in [1.29, 1.82) is 0 Å². The van der Waals surface area contributed by atoms with Crippen molar-refractivity contribution < 1.29 is 19.0 Å². The van der Waals surface area contributed by atoms with Crippen LogP contribution in [-0.2, 0) is 9.53 Å². The summed E-state index contributed by atoms with van der Waals surface area (Å²) in [5.74, 6) is 2.02. The van der Waals surface area contributed by atoms with Gasteiger partial charge in [0.1, 0.15) is 22.8 Å². The smallest absolute Gasteiger partial charge is 0.244 e. The third-order valence-electron chi connectivity index (χ3n) is 4.32. The maximum absolute atomic E-state index is 12.4. The molecular weight excluding hydrogens is 332 g/mol. The summed E-state index contributed by atoms with van der Waals surface area (Å²) in [6.07, 6.45) is 1.05. The van der Waals surface area contributed by atoms with E-state index in [4.69, 9.17) is 19.9 Å². The average molecular weight is 356 g/mol. The van der Waals surface area contributed by atoms with Gasteiger partial charge in [0, 0.05) is 18.9 Å². The van der Waals surface area contributed by atoms with Gasteiger partial charge in [0.15, 0.2) is 0 Å². The van der Waals surface area contributed by atoms with Crippen LogP contribution >= 0.6 is 0 Å². The van der Waals surface area contributed by atoms with Gasteiger partial charge in [-0.2, -0.15) is 0 Å². The number of rotatable bonds is 6. The third-order valence-corrected chi connectivity index (χ3v) is 4.32. The quantitative estimate of drug-likeness (QED) is 0.830. The minimum absolute atomic E-state index is 0.180. The van der Waals surface area contributed by atoms with Crippen LogP contribution in [0, 0.1) is 0 Å². The average Bonchev–Trinajstić information content (AvgIpc) is 2.66. The summed E-state index contributed by atoms with van der Waals surface area (Å²) >= 11 is 0. The highest BCUT2D eigenvalue weighted by Gasteiger charge is 2.35. The minimum atomic E-state index is -0.865. The lowest BCUT2D eigenvalue weighted by atomic mass is 9.90. The molecule has 0 saturated carbocycles. The summed E-state index contributed by atoms with van der Waals surface area (Å²) in [7, 11) is 0. The molecule has 1 aliphatic heterocycles. The Morgan fingerprint density at radius 2 is 1.58 bits per heavy atom. The second-order valence-electron chi connectivity index (χ2n) is 6.25. The number of nitrogens with two attached hydrogens (primary N) is 1. The maximum atomic E-state index is 12.4. The van der Waals surface area contributed by atoms with E-state index in [2.05, 4.69) is 5.32 Å².